The molecule has 0 aromatic heterocycles. The number of hydrogen-bond acceptors (Lipinski definition) is 1. The van der Waals surface area contributed by atoms with Crippen LogP contribution in [-0.2, 0) is 4.79 Å². The molecule has 0 aliphatic rings. The van der Waals surface area contributed by atoms with Crippen molar-refractivity contribution in [2.75, 3.05) is 0 Å². The van der Waals surface area contributed by atoms with Crippen molar-refractivity contribution < 1.29 is 45.6 Å². The van der Waals surface area contributed by atoms with Crippen LogP contribution in [0.4, 0.5) is 0 Å². The van der Waals surface area contributed by atoms with Crippen LogP contribution in [0.3, 0.4) is 0 Å². The normalized spacial score (nSPS) is 5.20. The molecule has 0 aliphatic carbocycles. The van der Waals surface area contributed by atoms with E-state index in [0.29, 0.717) is 0 Å². The summed E-state index contributed by atoms with van der Waals surface area (Å²) in [6.07, 6.45) is 0. The average Bonchev–Trinajstić information content (AvgIpc) is 0.811. The second-order valence-corrected chi connectivity index (χ2v) is 1.15. The van der Waals surface area contributed by atoms with Crippen molar-refractivity contribution in [2.45, 2.75) is 6.92 Å². The van der Waals surface area contributed by atoms with Crippen LogP contribution in [0.15, 0.2) is 0 Å². The maximum atomic E-state index is 9.31. The van der Waals surface area contributed by atoms with Crippen LogP contribution in [0.5, 0.6) is 0 Å². The van der Waals surface area contributed by atoms with Crippen LogP contribution < -0.4 is 0 Å². The number of hydrogen-bond donors (Lipinski definition) is 1. The standard InChI is InChI=1S/C2H4OS.Nd/c1-2(3)4;/h1H3,(H,3,4);. The maximum absolute atomic E-state index is 9.31. The van der Waals surface area contributed by atoms with Gasteiger partial charge in [0, 0.05) is 47.8 Å². The second kappa shape index (κ2) is 5.37. The van der Waals surface area contributed by atoms with Crippen LogP contribution in [0.1, 0.15) is 6.92 Å². The summed E-state index contributed by atoms with van der Waals surface area (Å²) < 4.78 is 0. The Hall–Kier alpha value is 1.37. The molecule has 0 unspecified atom stereocenters. The van der Waals surface area contributed by atoms with Gasteiger partial charge < -0.3 is 0 Å². The molecule has 0 rings (SSSR count). The Kier molecular flexibility index (Phi) is 10.3. The zero-order chi connectivity index (χ0) is 3.58. The summed E-state index contributed by atoms with van der Waals surface area (Å²) in [6.45, 7) is 1.39. The van der Waals surface area contributed by atoms with Crippen LogP contribution in [-0.4, -0.2) is 5.12 Å². The number of carbonyl (C=O) groups is 1. The Bertz CT molecular complexity index is 32.6. The molecule has 0 saturated heterocycles. The molecule has 28 valence electrons. The molecule has 0 aromatic rings. The van der Waals surface area contributed by atoms with Crippen molar-refractivity contribution in [3.05, 3.63) is 0 Å². The summed E-state index contributed by atoms with van der Waals surface area (Å²) >= 11 is 3.33. The Balaban J connectivity index is 0. The molecule has 0 N–H and O–H groups in total. The van der Waals surface area contributed by atoms with Crippen molar-refractivity contribution in [3.63, 3.8) is 0 Å². The van der Waals surface area contributed by atoms with E-state index in [1.807, 2.05) is 0 Å². The topological polar surface area (TPSA) is 17.1 Å². The minimum absolute atomic E-state index is 0. The Morgan fingerprint density at radius 1 is 1.80 bits per heavy atom. The van der Waals surface area contributed by atoms with Gasteiger partial charge in [0.15, 0.2) is 5.12 Å². The molecule has 0 aromatic carbocycles. The molecule has 0 heterocycles. The van der Waals surface area contributed by atoms with Crippen molar-refractivity contribution in [1.29, 1.82) is 0 Å². The maximum Gasteiger partial charge on any atom is 0.182 e. The number of thiol groups is 1. The summed E-state index contributed by atoms with van der Waals surface area (Å²) in [6, 6.07) is 0. The van der Waals surface area contributed by atoms with Crippen molar-refractivity contribution in [1.82, 2.24) is 0 Å². The van der Waals surface area contributed by atoms with E-state index in [9.17, 15) is 4.79 Å². The average molecular weight is 220 g/mol. The first-order chi connectivity index (χ1) is 1.73. The summed E-state index contributed by atoms with van der Waals surface area (Å²) in [4.78, 5) is 9.31. The van der Waals surface area contributed by atoms with Crippen LogP contribution >= 0.6 is 12.6 Å². The smallest absolute Gasteiger partial charge is 0.182 e. The molecular formula is C2H4NdOS. The predicted molar refractivity (Wildman–Crippen MR) is 19.7 cm³/mol. The molecule has 5 heavy (non-hydrogen) atoms. The summed E-state index contributed by atoms with van der Waals surface area (Å²) in [5, 5.41) is -0.139. The van der Waals surface area contributed by atoms with E-state index < -0.39 is 0 Å². The molecule has 0 spiro atoms. The third kappa shape index (κ3) is 32.5. The van der Waals surface area contributed by atoms with E-state index in [1.54, 1.807) is 0 Å². The molecule has 0 radical (unpaired) electrons. The summed E-state index contributed by atoms with van der Waals surface area (Å²) in [5.74, 6) is 0. The molecule has 0 saturated carbocycles. The van der Waals surface area contributed by atoms with Gasteiger partial charge in [-0.05, 0) is 0 Å². The van der Waals surface area contributed by atoms with Gasteiger partial charge in [0.1, 0.15) is 0 Å². The van der Waals surface area contributed by atoms with E-state index >= 15 is 0 Å². The Morgan fingerprint density at radius 2 is 1.80 bits per heavy atom. The molecule has 0 aliphatic heterocycles. The Labute approximate surface area is 69.5 Å². The minimum atomic E-state index is -0.139. The van der Waals surface area contributed by atoms with Crippen molar-refractivity contribution in [3.8, 4) is 0 Å². The molecule has 1 nitrogen and oxygen atoms in total. The van der Waals surface area contributed by atoms with Gasteiger partial charge in [-0.1, -0.05) is 0 Å². The van der Waals surface area contributed by atoms with Crippen molar-refractivity contribution >= 4 is 17.7 Å². The Morgan fingerprint density at radius 3 is 1.80 bits per heavy atom. The van der Waals surface area contributed by atoms with Gasteiger partial charge in [-0.2, -0.15) is 0 Å². The molecule has 0 fully saturated rings. The largest absolute Gasteiger partial charge is 0.288 e. The third-order valence-corrected chi connectivity index (χ3v) is 0. The van der Waals surface area contributed by atoms with E-state index in [4.69, 9.17) is 0 Å². The fourth-order valence-electron chi connectivity index (χ4n) is 0. The van der Waals surface area contributed by atoms with E-state index in [1.165, 1.54) is 6.92 Å². The summed E-state index contributed by atoms with van der Waals surface area (Å²) in [5.41, 5.74) is 0. The SMILES string of the molecule is CC(=O)S.[Nd]. The fraction of sp³-hybridized carbons (Fsp3) is 0.500. The molecule has 3 heteroatoms. The predicted octanol–water partition coefficient (Wildman–Crippen LogP) is 0.463. The van der Waals surface area contributed by atoms with Crippen LogP contribution in [0, 0.1) is 40.8 Å². The van der Waals surface area contributed by atoms with E-state index in [0.717, 1.165) is 0 Å². The molecular weight excluding hydrogens is 216 g/mol. The zero-order valence-electron chi connectivity index (χ0n) is 2.86. The first-order valence-corrected chi connectivity index (χ1v) is 1.37. The van der Waals surface area contributed by atoms with Gasteiger partial charge in [0.2, 0.25) is 0 Å². The van der Waals surface area contributed by atoms with Crippen molar-refractivity contribution in [2.24, 2.45) is 0 Å². The quantitative estimate of drug-likeness (QED) is 0.587. The number of rotatable bonds is 0. The van der Waals surface area contributed by atoms with Crippen LogP contribution in [0.2, 0.25) is 0 Å². The summed E-state index contributed by atoms with van der Waals surface area (Å²) in [7, 11) is 0. The van der Waals surface area contributed by atoms with Gasteiger partial charge in [-0.3, -0.25) is 4.79 Å². The zero-order valence-corrected chi connectivity index (χ0v) is 6.96. The first-order valence-electron chi connectivity index (χ1n) is 0.928. The van der Waals surface area contributed by atoms with E-state index in [2.05, 4.69) is 12.6 Å². The van der Waals surface area contributed by atoms with Gasteiger partial charge in [0.05, 0.1) is 0 Å². The molecule has 0 bridgehead atoms. The monoisotopic (exact) mass is 218 g/mol. The second-order valence-electron chi connectivity index (χ2n) is 0.519. The van der Waals surface area contributed by atoms with E-state index in [-0.39, 0.29) is 46.0 Å². The van der Waals surface area contributed by atoms with Gasteiger partial charge in [-0.25, -0.2) is 0 Å². The van der Waals surface area contributed by atoms with Gasteiger partial charge in [-0.15, -0.1) is 12.6 Å². The van der Waals surface area contributed by atoms with Gasteiger partial charge in [0.25, 0.3) is 0 Å². The number of carbonyl (C=O) groups excluding carboxylic acids is 1. The molecule has 0 amide bonds. The van der Waals surface area contributed by atoms with Gasteiger partial charge >= 0.3 is 0 Å². The fourth-order valence-corrected chi connectivity index (χ4v) is 0. The first kappa shape index (κ1) is 9.62. The van der Waals surface area contributed by atoms with Crippen LogP contribution in [0.25, 0.3) is 0 Å². The molecule has 0 atom stereocenters. The minimum Gasteiger partial charge on any atom is -0.288 e. The third-order valence-electron chi connectivity index (χ3n) is 0.